The Balaban J connectivity index is 1.72. The first-order valence-corrected chi connectivity index (χ1v) is 8.54. The van der Waals surface area contributed by atoms with Gasteiger partial charge in [-0.15, -0.1) is 10.2 Å². The molecular weight excluding hydrogens is 318 g/mol. The van der Waals surface area contributed by atoms with Crippen LogP contribution in [-0.4, -0.2) is 20.0 Å². The molecule has 0 aliphatic heterocycles. The average Bonchev–Trinajstić information content (AvgIpc) is 3.16. The normalized spacial score (nSPS) is 11.1. The molecule has 0 atom stereocenters. The zero-order valence-electron chi connectivity index (χ0n) is 13.7. The molecule has 0 aliphatic carbocycles. The number of nitrogens with one attached hydrogen (secondary N) is 1. The molecule has 0 amide bonds. The number of anilines is 2. The fourth-order valence-corrected chi connectivity index (χ4v) is 3.61. The molecule has 0 saturated heterocycles. The smallest absolute Gasteiger partial charge is 0.210 e. The molecule has 5 nitrogen and oxygen atoms in total. The van der Waals surface area contributed by atoms with Crippen molar-refractivity contribution in [2.75, 3.05) is 5.32 Å². The number of aryl methyl sites for hydroxylation is 3. The summed E-state index contributed by atoms with van der Waals surface area (Å²) >= 11 is 1.52. The van der Waals surface area contributed by atoms with E-state index in [0.717, 1.165) is 32.4 Å². The zero-order valence-corrected chi connectivity index (χ0v) is 14.6. The molecule has 24 heavy (non-hydrogen) atoms. The molecule has 1 N–H and O–H groups in total. The summed E-state index contributed by atoms with van der Waals surface area (Å²) in [7, 11) is 1.95. The summed E-state index contributed by atoms with van der Waals surface area (Å²) < 4.78 is 1.88. The first-order chi connectivity index (χ1) is 11.6. The maximum absolute atomic E-state index is 4.61. The lowest BCUT2D eigenvalue weighted by Crippen LogP contribution is -1.95. The molecule has 6 heteroatoms. The Hall–Kier alpha value is -2.73. The van der Waals surface area contributed by atoms with Crippen molar-refractivity contribution in [1.29, 1.82) is 0 Å². The highest BCUT2D eigenvalue weighted by atomic mass is 32.1. The number of fused-ring (bicyclic) bond motifs is 1. The standard InChI is InChI=1S/C18H17N5S/c1-11-7-6-8-12(2)15(11)19-18-21-20-17(24-18)16-13-9-4-5-10-14(13)23(3)22-16/h4-10H,1-3H3,(H,19,21). The van der Waals surface area contributed by atoms with Crippen molar-refractivity contribution in [3.8, 4) is 10.7 Å². The zero-order chi connectivity index (χ0) is 16.7. The third kappa shape index (κ3) is 2.45. The van der Waals surface area contributed by atoms with Crippen molar-refractivity contribution in [3.05, 3.63) is 53.6 Å². The van der Waals surface area contributed by atoms with E-state index in [1.165, 1.54) is 22.5 Å². The second kappa shape index (κ2) is 5.72. The molecule has 0 saturated carbocycles. The monoisotopic (exact) mass is 335 g/mol. The van der Waals surface area contributed by atoms with Gasteiger partial charge >= 0.3 is 0 Å². The van der Waals surface area contributed by atoms with Gasteiger partial charge < -0.3 is 5.32 Å². The highest BCUT2D eigenvalue weighted by molar-refractivity contribution is 7.18. The predicted molar refractivity (Wildman–Crippen MR) is 98.8 cm³/mol. The van der Waals surface area contributed by atoms with E-state index in [0.29, 0.717) is 0 Å². The van der Waals surface area contributed by atoms with Crippen LogP contribution in [0.4, 0.5) is 10.8 Å². The Morgan fingerprint density at radius 2 is 1.71 bits per heavy atom. The number of aromatic nitrogens is 4. The van der Waals surface area contributed by atoms with Crippen molar-refractivity contribution >= 4 is 33.1 Å². The summed E-state index contributed by atoms with van der Waals surface area (Å²) in [4.78, 5) is 0. The topological polar surface area (TPSA) is 55.6 Å². The summed E-state index contributed by atoms with van der Waals surface area (Å²) in [5, 5.41) is 19.3. The molecule has 0 spiro atoms. The maximum Gasteiger partial charge on any atom is 0.210 e. The molecule has 120 valence electrons. The molecule has 2 aromatic heterocycles. The van der Waals surface area contributed by atoms with E-state index < -0.39 is 0 Å². The first-order valence-electron chi connectivity index (χ1n) is 7.72. The number of rotatable bonds is 3. The van der Waals surface area contributed by atoms with Crippen LogP contribution in [0.15, 0.2) is 42.5 Å². The van der Waals surface area contributed by atoms with Gasteiger partial charge in [-0.25, -0.2) is 0 Å². The first kappa shape index (κ1) is 14.8. The molecule has 0 radical (unpaired) electrons. The Labute approximate surface area is 144 Å². The SMILES string of the molecule is Cc1cccc(C)c1Nc1nnc(-c2nn(C)c3ccccc23)s1. The largest absolute Gasteiger partial charge is 0.330 e. The highest BCUT2D eigenvalue weighted by Crippen LogP contribution is 2.33. The van der Waals surface area contributed by atoms with Crippen molar-refractivity contribution in [2.24, 2.45) is 7.05 Å². The summed E-state index contributed by atoms with van der Waals surface area (Å²) in [6.45, 7) is 4.17. The van der Waals surface area contributed by atoms with Crippen LogP contribution in [0.2, 0.25) is 0 Å². The molecule has 0 fully saturated rings. The van der Waals surface area contributed by atoms with Gasteiger partial charge in [0.1, 0.15) is 5.69 Å². The third-order valence-corrected chi connectivity index (χ3v) is 4.94. The maximum atomic E-state index is 4.61. The Morgan fingerprint density at radius 3 is 2.50 bits per heavy atom. The fraction of sp³-hybridized carbons (Fsp3) is 0.167. The lowest BCUT2D eigenvalue weighted by atomic mass is 10.1. The number of hydrogen-bond donors (Lipinski definition) is 1. The van der Waals surface area contributed by atoms with Gasteiger partial charge in [0.05, 0.1) is 5.52 Å². The molecule has 0 aliphatic rings. The van der Waals surface area contributed by atoms with Crippen LogP contribution in [0.25, 0.3) is 21.6 Å². The van der Waals surface area contributed by atoms with E-state index in [4.69, 9.17) is 0 Å². The van der Waals surface area contributed by atoms with Gasteiger partial charge in [0.15, 0.2) is 5.01 Å². The molecule has 4 aromatic rings. The average molecular weight is 335 g/mol. The van der Waals surface area contributed by atoms with E-state index in [9.17, 15) is 0 Å². The molecule has 2 aromatic carbocycles. The van der Waals surface area contributed by atoms with E-state index in [2.05, 4.69) is 64.8 Å². The molecule has 0 unspecified atom stereocenters. The summed E-state index contributed by atoms with van der Waals surface area (Å²) in [5.41, 5.74) is 5.43. The second-order valence-corrected chi connectivity index (χ2v) is 6.77. The quantitative estimate of drug-likeness (QED) is 0.601. The third-order valence-electron chi connectivity index (χ3n) is 4.10. The van der Waals surface area contributed by atoms with Crippen molar-refractivity contribution < 1.29 is 0 Å². The lowest BCUT2D eigenvalue weighted by molar-refractivity contribution is 0.799. The van der Waals surface area contributed by atoms with Crippen LogP contribution in [0, 0.1) is 13.8 Å². The van der Waals surface area contributed by atoms with Gasteiger partial charge in [-0.1, -0.05) is 47.7 Å². The van der Waals surface area contributed by atoms with Crippen molar-refractivity contribution in [2.45, 2.75) is 13.8 Å². The molecule has 2 heterocycles. The summed E-state index contributed by atoms with van der Waals surface area (Å²) in [6, 6.07) is 14.4. The number of para-hydroxylation sites is 2. The second-order valence-electron chi connectivity index (χ2n) is 5.79. The van der Waals surface area contributed by atoms with Crippen LogP contribution in [0.1, 0.15) is 11.1 Å². The Bertz CT molecular complexity index is 1010. The van der Waals surface area contributed by atoms with E-state index in [-0.39, 0.29) is 0 Å². The lowest BCUT2D eigenvalue weighted by Gasteiger charge is -2.09. The van der Waals surface area contributed by atoms with Crippen LogP contribution in [0.3, 0.4) is 0 Å². The van der Waals surface area contributed by atoms with Gasteiger partial charge in [-0.3, -0.25) is 4.68 Å². The summed E-state index contributed by atoms with van der Waals surface area (Å²) in [6.07, 6.45) is 0. The highest BCUT2D eigenvalue weighted by Gasteiger charge is 2.15. The van der Waals surface area contributed by atoms with E-state index in [1.807, 2.05) is 23.9 Å². The summed E-state index contributed by atoms with van der Waals surface area (Å²) in [5.74, 6) is 0. The Morgan fingerprint density at radius 1 is 0.958 bits per heavy atom. The van der Waals surface area contributed by atoms with Gasteiger partial charge in [0.25, 0.3) is 0 Å². The fourth-order valence-electron chi connectivity index (χ4n) is 2.86. The van der Waals surface area contributed by atoms with Crippen LogP contribution in [-0.2, 0) is 7.05 Å². The van der Waals surface area contributed by atoms with Gasteiger partial charge in [0.2, 0.25) is 5.13 Å². The minimum absolute atomic E-state index is 0.775. The van der Waals surface area contributed by atoms with Crippen LogP contribution >= 0.6 is 11.3 Å². The van der Waals surface area contributed by atoms with Crippen LogP contribution in [0.5, 0.6) is 0 Å². The molecular formula is C18H17N5S. The molecule has 4 rings (SSSR count). The number of benzene rings is 2. The molecule has 0 bridgehead atoms. The van der Waals surface area contributed by atoms with Gasteiger partial charge in [0, 0.05) is 18.1 Å². The predicted octanol–water partition coefficient (Wildman–Crippen LogP) is 4.45. The number of nitrogens with zero attached hydrogens (tertiary/aromatic N) is 4. The van der Waals surface area contributed by atoms with E-state index in [1.54, 1.807) is 0 Å². The minimum Gasteiger partial charge on any atom is -0.330 e. The van der Waals surface area contributed by atoms with Crippen molar-refractivity contribution in [1.82, 2.24) is 20.0 Å². The van der Waals surface area contributed by atoms with Gasteiger partial charge in [-0.05, 0) is 31.0 Å². The van der Waals surface area contributed by atoms with Gasteiger partial charge in [-0.2, -0.15) is 5.10 Å². The van der Waals surface area contributed by atoms with Crippen molar-refractivity contribution in [3.63, 3.8) is 0 Å². The minimum atomic E-state index is 0.775. The number of hydrogen-bond acceptors (Lipinski definition) is 5. The van der Waals surface area contributed by atoms with Crippen LogP contribution < -0.4 is 5.32 Å². The Kier molecular flexibility index (Phi) is 3.54. The van der Waals surface area contributed by atoms with E-state index >= 15 is 0 Å².